The molecule has 34 heavy (non-hydrogen) atoms. The van der Waals surface area contributed by atoms with E-state index in [0.717, 1.165) is 75.6 Å². The summed E-state index contributed by atoms with van der Waals surface area (Å²) in [7, 11) is 0. The average molecular weight is 496 g/mol. The highest BCUT2D eigenvalue weighted by Gasteiger charge is 2.34. The number of hydrogen-bond donors (Lipinski definition) is 3. The molecule has 0 bridgehead atoms. The monoisotopic (exact) mass is 495 g/mol. The van der Waals surface area contributed by atoms with Gasteiger partial charge in [0, 0.05) is 23.7 Å². The van der Waals surface area contributed by atoms with E-state index in [1.165, 1.54) is 0 Å². The van der Waals surface area contributed by atoms with Crippen molar-refractivity contribution in [3.05, 3.63) is 42.0 Å². The molecule has 2 aliphatic rings. The van der Waals surface area contributed by atoms with Gasteiger partial charge in [-0.2, -0.15) is 18.7 Å². The van der Waals surface area contributed by atoms with Gasteiger partial charge in [-0.3, -0.25) is 0 Å². The van der Waals surface area contributed by atoms with Crippen molar-refractivity contribution < 1.29 is 13.2 Å². The van der Waals surface area contributed by atoms with Gasteiger partial charge in [-0.15, -0.1) is 12.4 Å². The number of alkyl halides is 2. The number of halogens is 4. The minimum Gasteiger partial charge on any atom is -0.351 e. The maximum absolute atomic E-state index is 15.1. The van der Waals surface area contributed by atoms with E-state index in [2.05, 4.69) is 25.6 Å². The molecular formula is C23H29ClF3N7. The molecule has 0 radical (unpaired) electrons. The second-order valence-electron chi connectivity index (χ2n) is 9.12. The van der Waals surface area contributed by atoms with Crippen LogP contribution in [0.3, 0.4) is 0 Å². The molecular weight excluding hydrogens is 467 g/mol. The summed E-state index contributed by atoms with van der Waals surface area (Å²) < 4.78 is 45.4. The van der Waals surface area contributed by atoms with E-state index in [1.54, 1.807) is 6.33 Å². The molecule has 0 aliphatic heterocycles. The molecule has 3 aromatic rings. The summed E-state index contributed by atoms with van der Waals surface area (Å²) in [4.78, 5) is 13.5. The Morgan fingerprint density at radius 1 is 0.971 bits per heavy atom. The second kappa shape index (κ2) is 9.95. The van der Waals surface area contributed by atoms with Crippen molar-refractivity contribution in [3.63, 3.8) is 0 Å². The van der Waals surface area contributed by atoms with E-state index in [9.17, 15) is 4.39 Å². The summed E-state index contributed by atoms with van der Waals surface area (Å²) >= 11 is 0. The second-order valence-corrected chi connectivity index (χ2v) is 9.12. The average Bonchev–Trinajstić information content (AvgIpc) is 3.45. The maximum Gasteiger partial charge on any atom is 0.351 e. The Balaban J connectivity index is 0.00000274. The molecule has 0 saturated heterocycles. The smallest absolute Gasteiger partial charge is 0.351 e. The lowest BCUT2D eigenvalue weighted by Crippen LogP contribution is -2.33. The minimum absolute atomic E-state index is 0. The first-order valence-corrected chi connectivity index (χ1v) is 11.6. The maximum atomic E-state index is 15.1. The first kappa shape index (κ1) is 24.5. The van der Waals surface area contributed by atoms with Crippen LogP contribution in [0.15, 0.2) is 30.6 Å². The quantitative estimate of drug-likeness (QED) is 0.399. The zero-order chi connectivity index (χ0) is 23.0. The third-order valence-electron chi connectivity index (χ3n) is 6.73. The number of nitrogens with zero attached hydrogens (tertiary/aromatic N) is 4. The van der Waals surface area contributed by atoms with Crippen LogP contribution in [0.1, 0.15) is 63.0 Å². The highest BCUT2D eigenvalue weighted by molar-refractivity contribution is 5.85. The topological polar surface area (TPSA) is 93.7 Å². The molecule has 2 aliphatic carbocycles. The van der Waals surface area contributed by atoms with E-state index in [0.29, 0.717) is 17.1 Å². The van der Waals surface area contributed by atoms with E-state index in [1.807, 2.05) is 4.57 Å². The standard InChI is InChI=1S/C23H28F3N7.ClH/c24-15-7-5-14(6-8-15)23(25,26)32-20-19-21(33(13-28-19)18-3-1-2-4-18)31-22(30-20)29-17-11-9-16(27)10-12-17;/h5-8,13,16-18H,1-4,9-12,27H2,(H2,29,30,31,32);1H. The van der Waals surface area contributed by atoms with Crippen molar-refractivity contribution in [1.29, 1.82) is 0 Å². The molecule has 5 rings (SSSR count). The number of nitrogens with one attached hydrogen (secondary N) is 2. The molecule has 2 aromatic heterocycles. The van der Waals surface area contributed by atoms with Crippen LogP contribution < -0.4 is 16.4 Å². The zero-order valence-corrected chi connectivity index (χ0v) is 19.5. The predicted octanol–water partition coefficient (Wildman–Crippen LogP) is 5.35. The van der Waals surface area contributed by atoms with Gasteiger partial charge < -0.3 is 20.9 Å². The third kappa shape index (κ3) is 5.07. The summed E-state index contributed by atoms with van der Waals surface area (Å²) in [6.45, 7) is 0. The molecule has 1 aromatic carbocycles. The van der Waals surface area contributed by atoms with E-state index < -0.39 is 11.9 Å². The lowest BCUT2D eigenvalue weighted by Gasteiger charge is -2.27. The van der Waals surface area contributed by atoms with Crippen LogP contribution in [-0.4, -0.2) is 31.6 Å². The highest BCUT2D eigenvalue weighted by Crippen LogP contribution is 2.36. The molecule has 184 valence electrons. The van der Waals surface area contributed by atoms with Gasteiger partial charge in [0.1, 0.15) is 5.82 Å². The molecule has 2 heterocycles. The fraction of sp³-hybridized carbons (Fsp3) is 0.522. The molecule has 0 atom stereocenters. The van der Waals surface area contributed by atoms with Crippen molar-refractivity contribution in [2.24, 2.45) is 5.73 Å². The van der Waals surface area contributed by atoms with E-state index >= 15 is 8.78 Å². The van der Waals surface area contributed by atoms with E-state index in [-0.39, 0.29) is 41.9 Å². The Bertz CT molecular complexity index is 1110. The van der Waals surface area contributed by atoms with Gasteiger partial charge in [-0.05, 0) is 62.8 Å². The van der Waals surface area contributed by atoms with Crippen molar-refractivity contribution in [2.45, 2.75) is 75.5 Å². The molecule has 4 N–H and O–H groups in total. The van der Waals surface area contributed by atoms with Gasteiger partial charge in [-0.25, -0.2) is 9.37 Å². The molecule has 11 heteroatoms. The van der Waals surface area contributed by atoms with Crippen LogP contribution in [0, 0.1) is 5.82 Å². The van der Waals surface area contributed by atoms with Gasteiger partial charge in [0.15, 0.2) is 17.0 Å². The Morgan fingerprint density at radius 3 is 2.32 bits per heavy atom. The Hall–Kier alpha value is -2.59. The number of aromatic nitrogens is 4. The van der Waals surface area contributed by atoms with Crippen molar-refractivity contribution >= 4 is 35.3 Å². The summed E-state index contributed by atoms with van der Waals surface area (Å²) in [5.74, 6) is -0.339. The van der Waals surface area contributed by atoms with Crippen LogP contribution in [0.2, 0.25) is 0 Å². The summed E-state index contributed by atoms with van der Waals surface area (Å²) in [5, 5.41) is 5.56. The van der Waals surface area contributed by atoms with Gasteiger partial charge in [0.25, 0.3) is 0 Å². The fourth-order valence-corrected chi connectivity index (χ4v) is 4.84. The largest absolute Gasteiger partial charge is 0.351 e. The highest BCUT2D eigenvalue weighted by atomic mass is 35.5. The molecule has 0 amide bonds. The van der Waals surface area contributed by atoms with Gasteiger partial charge >= 0.3 is 6.05 Å². The molecule has 7 nitrogen and oxygen atoms in total. The van der Waals surface area contributed by atoms with Gasteiger partial charge in [0.2, 0.25) is 5.95 Å². The summed E-state index contributed by atoms with van der Waals surface area (Å²) in [5.41, 5.74) is 6.47. The van der Waals surface area contributed by atoms with Crippen molar-refractivity contribution in [1.82, 2.24) is 19.5 Å². The van der Waals surface area contributed by atoms with Crippen LogP contribution in [-0.2, 0) is 6.05 Å². The van der Waals surface area contributed by atoms with Crippen LogP contribution >= 0.6 is 12.4 Å². The van der Waals surface area contributed by atoms with Crippen LogP contribution in [0.4, 0.5) is 24.9 Å². The number of anilines is 2. The van der Waals surface area contributed by atoms with Crippen LogP contribution in [0.5, 0.6) is 0 Å². The number of nitrogens with two attached hydrogens (primary N) is 1. The summed E-state index contributed by atoms with van der Waals surface area (Å²) in [6.07, 6.45) is 9.47. The minimum atomic E-state index is -3.47. The Morgan fingerprint density at radius 2 is 1.65 bits per heavy atom. The van der Waals surface area contributed by atoms with Gasteiger partial charge in [-0.1, -0.05) is 12.8 Å². The number of fused-ring (bicyclic) bond motifs is 1. The molecule has 0 spiro atoms. The first-order valence-electron chi connectivity index (χ1n) is 11.6. The third-order valence-corrected chi connectivity index (χ3v) is 6.73. The molecule has 0 unspecified atom stereocenters. The number of benzene rings is 1. The summed E-state index contributed by atoms with van der Waals surface area (Å²) in [6, 6.07) is 1.24. The lowest BCUT2D eigenvalue weighted by atomic mass is 9.92. The van der Waals surface area contributed by atoms with Crippen molar-refractivity contribution in [2.75, 3.05) is 10.6 Å². The number of imidazole rings is 1. The molecule has 2 fully saturated rings. The van der Waals surface area contributed by atoms with E-state index in [4.69, 9.17) is 5.73 Å². The molecule has 2 saturated carbocycles. The zero-order valence-electron chi connectivity index (χ0n) is 18.7. The SMILES string of the molecule is Cl.NC1CCC(Nc2nc(NC(F)(F)c3ccc(F)cc3)c3ncn(C4CCCC4)c3n2)CC1. The van der Waals surface area contributed by atoms with Crippen LogP contribution in [0.25, 0.3) is 11.2 Å². The Kier molecular flexibility index (Phi) is 7.18. The first-order chi connectivity index (χ1) is 15.9. The van der Waals surface area contributed by atoms with Crippen molar-refractivity contribution in [3.8, 4) is 0 Å². The number of rotatable bonds is 6. The lowest BCUT2D eigenvalue weighted by molar-refractivity contribution is 0.0281. The number of hydrogen-bond acceptors (Lipinski definition) is 6. The predicted molar refractivity (Wildman–Crippen MR) is 128 cm³/mol. The normalized spacial score (nSPS) is 21.4. The van der Waals surface area contributed by atoms with Gasteiger partial charge in [0.05, 0.1) is 6.33 Å². The fourth-order valence-electron chi connectivity index (χ4n) is 4.84. The Labute approximate surface area is 202 Å².